The van der Waals surface area contributed by atoms with E-state index in [4.69, 9.17) is 9.79 Å². The minimum atomic E-state index is -4.83. The van der Waals surface area contributed by atoms with E-state index in [1.54, 1.807) is 0 Å². The summed E-state index contributed by atoms with van der Waals surface area (Å²) >= 11 is 0. The van der Waals surface area contributed by atoms with Crippen molar-refractivity contribution in [2.75, 3.05) is 13.2 Å². The van der Waals surface area contributed by atoms with E-state index in [-0.39, 0.29) is 13.2 Å². The second-order valence-corrected chi connectivity index (χ2v) is 5.44. The summed E-state index contributed by atoms with van der Waals surface area (Å²) in [4.78, 5) is 16.8. The monoisotopic (exact) mass is 232 g/mol. The first-order valence-corrected chi connectivity index (χ1v) is 6.56. The van der Waals surface area contributed by atoms with E-state index in [0.717, 1.165) is 0 Å². The Kier molecular flexibility index (Phi) is 3.65. The third-order valence-electron chi connectivity index (χ3n) is 1.24. The standard InChI is InChI=1S/C4H10O7P2/c5-12(6,7)11-13(8)9-3-1-2-4-10-13/h1-4H2,(H2,5,6,7). The van der Waals surface area contributed by atoms with E-state index in [0.29, 0.717) is 12.8 Å². The number of phosphoric acid groups is 2. The lowest BCUT2D eigenvalue weighted by molar-refractivity contribution is 0.161. The first-order chi connectivity index (χ1) is 5.91. The van der Waals surface area contributed by atoms with Gasteiger partial charge in [-0.05, 0) is 12.8 Å². The first-order valence-electron chi connectivity index (χ1n) is 3.57. The van der Waals surface area contributed by atoms with Gasteiger partial charge in [-0.25, -0.2) is 9.13 Å². The molecule has 0 atom stereocenters. The highest BCUT2D eigenvalue weighted by atomic mass is 31.3. The van der Waals surface area contributed by atoms with Gasteiger partial charge in [0.1, 0.15) is 0 Å². The minimum absolute atomic E-state index is 0.108. The quantitative estimate of drug-likeness (QED) is 0.685. The van der Waals surface area contributed by atoms with Crippen LogP contribution >= 0.6 is 15.6 Å². The van der Waals surface area contributed by atoms with Crippen LogP contribution < -0.4 is 0 Å². The summed E-state index contributed by atoms with van der Waals surface area (Å²) in [5.74, 6) is 0. The molecule has 0 aromatic carbocycles. The third-order valence-corrected chi connectivity index (χ3v) is 3.89. The van der Waals surface area contributed by atoms with Gasteiger partial charge in [0.05, 0.1) is 13.2 Å². The van der Waals surface area contributed by atoms with Crippen LogP contribution in [0.25, 0.3) is 0 Å². The molecular formula is C4H10O7P2. The van der Waals surface area contributed by atoms with Crippen LogP contribution in [0.4, 0.5) is 0 Å². The van der Waals surface area contributed by atoms with Gasteiger partial charge in [-0.15, -0.1) is 0 Å². The average molecular weight is 232 g/mol. The molecule has 1 aliphatic rings. The Hall–Kier alpha value is 0.260. The van der Waals surface area contributed by atoms with E-state index >= 15 is 0 Å². The normalized spacial score (nSPS) is 23.8. The molecule has 0 bridgehead atoms. The van der Waals surface area contributed by atoms with Crippen LogP contribution in [0.5, 0.6) is 0 Å². The van der Waals surface area contributed by atoms with E-state index in [1.807, 2.05) is 0 Å². The fourth-order valence-corrected chi connectivity index (χ4v) is 2.97. The van der Waals surface area contributed by atoms with Crippen LogP contribution in [-0.2, 0) is 22.5 Å². The van der Waals surface area contributed by atoms with E-state index in [2.05, 4.69) is 13.4 Å². The largest absolute Gasteiger partial charge is 0.483 e. The molecule has 0 aromatic rings. The molecule has 13 heavy (non-hydrogen) atoms. The van der Waals surface area contributed by atoms with Crippen molar-refractivity contribution in [3.63, 3.8) is 0 Å². The SMILES string of the molecule is O=P(O)(O)OP1(=O)OCCCCO1. The van der Waals surface area contributed by atoms with E-state index in [1.165, 1.54) is 0 Å². The second kappa shape index (κ2) is 4.19. The molecule has 0 radical (unpaired) electrons. The maximum atomic E-state index is 11.3. The minimum Gasteiger partial charge on any atom is -0.302 e. The molecule has 1 saturated heterocycles. The van der Waals surface area contributed by atoms with E-state index in [9.17, 15) is 9.13 Å². The molecule has 0 aromatic heterocycles. The van der Waals surface area contributed by atoms with E-state index < -0.39 is 15.6 Å². The van der Waals surface area contributed by atoms with Crippen LogP contribution in [0, 0.1) is 0 Å². The molecule has 0 amide bonds. The zero-order valence-electron chi connectivity index (χ0n) is 6.66. The zero-order chi connectivity index (χ0) is 9.95. The maximum Gasteiger partial charge on any atom is 0.483 e. The Morgan fingerprint density at radius 2 is 1.69 bits per heavy atom. The highest BCUT2D eigenvalue weighted by molar-refractivity contribution is 7.61. The molecule has 78 valence electrons. The van der Waals surface area contributed by atoms with Crippen molar-refractivity contribution in [3.05, 3.63) is 0 Å². The van der Waals surface area contributed by atoms with Crippen LogP contribution in [0.2, 0.25) is 0 Å². The molecule has 0 saturated carbocycles. The van der Waals surface area contributed by atoms with Gasteiger partial charge in [0.2, 0.25) is 0 Å². The van der Waals surface area contributed by atoms with Crippen LogP contribution in [-0.4, -0.2) is 23.0 Å². The van der Waals surface area contributed by atoms with Crippen molar-refractivity contribution in [1.82, 2.24) is 0 Å². The van der Waals surface area contributed by atoms with Gasteiger partial charge in [-0.2, -0.15) is 4.31 Å². The molecule has 1 heterocycles. The predicted molar refractivity (Wildman–Crippen MR) is 41.9 cm³/mol. The molecule has 9 heteroatoms. The Morgan fingerprint density at radius 1 is 1.23 bits per heavy atom. The van der Waals surface area contributed by atoms with Gasteiger partial charge in [0.25, 0.3) is 0 Å². The zero-order valence-corrected chi connectivity index (χ0v) is 8.45. The summed E-state index contributed by atoms with van der Waals surface area (Å²) in [5, 5.41) is 0. The van der Waals surface area contributed by atoms with Crippen molar-refractivity contribution in [2.45, 2.75) is 12.8 Å². The predicted octanol–water partition coefficient (Wildman–Crippen LogP) is 1.03. The highest BCUT2D eigenvalue weighted by Crippen LogP contribution is 2.61. The number of rotatable bonds is 2. The molecule has 2 N–H and O–H groups in total. The maximum absolute atomic E-state index is 11.3. The molecule has 1 aliphatic heterocycles. The van der Waals surface area contributed by atoms with Crippen molar-refractivity contribution in [1.29, 1.82) is 0 Å². The molecule has 1 rings (SSSR count). The van der Waals surface area contributed by atoms with Crippen LogP contribution in [0.3, 0.4) is 0 Å². The smallest absolute Gasteiger partial charge is 0.302 e. The Labute approximate surface area is 74.9 Å². The van der Waals surface area contributed by atoms with Crippen LogP contribution in [0.1, 0.15) is 12.8 Å². The number of phosphoric ester groups is 1. The summed E-state index contributed by atoms with van der Waals surface area (Å²) in [6.45, 7) is 0.217. The summed E-state index contributed by atoms with van der Waals surface area (Å²) in [6, 6.07) is 0. The molecular weight excluding hydrogens is 222 g/mol. The lowest BCUT2D eigenvalue weighted by Gasteiger charge is -2.14. The van der Waals surface area contributed by atoms with Crippen molar-refractivity contribution < 1.29 is 32.3 Å². The molecule has 0 unspecified atom stereocenters. The second-order valence-electron chi connectivity index (χ2n) is 2.39. The Bertz CT molecular complexity index is 245. The van der Waals surface area contributed by atoms with Crippen molar-refractivity contribution >= 4 is 15.6 Å². The molecule has 1 fully saturated rings. The number of hydrogen-bond acceptors (Lipinski definition) is 5. The van der Waals surface area contributed by atoms with Gasteiger partial charge in [-0.3, -0.25) is 9.05 Å². The summed E-state index contributed by atoms with van der Waals surface area (Å²) < 4.78 is 34.8. The van der Waals surface area contributed by atoms with Gasteiger partial charge in [0.15, 0.2) is 0 Å². The van der Waals surface area contributed by atoms with Gasteiger partial charge in [-0.1, -0.05) is 0 Å². The average Bonchev–Trinajstić information content (AvgIpc) is 2.09. The fraction of sp³-hybridized carbons (Fsp3) is 1.00. The molecule has 7 nitrogen and oxygen atoms in total. The van der Waals surface area contributed by atoms with Crippen molar-refractivity contribution in [3.8, 4) is 0 Å². The van der Waals surface area contributed by atoms with Crippen molar-refractivity contribution in [2.24, 2.45) is 0 Å². The van der Waals surface area contributed by atoms with Crippen LogP contribution in [0.15, 0.2) is 0 Å². The lowest BCUT2D eigenvalue weighted by atomic mass is 10.3. The molecule has 0 aliphatic carbocycles. The summed E-state index contributed by atoms with van der Waals surface area (Å²) in [5.41, 5.74) is 0. The number of hydrogen-bond donors (Lipinski definition) is 2. The highest BCUT2D eigenvalue weighted by Gasteiger charge is 2.36. The van der Waals surface area contributed by atoms with Gasteiger partial charge < -0.3 is 9.79 Å². The van der Waals surface area contributed by atoms with Gasteiger partial charge in [0, 0.05) is 0 Å². The van der Waals surface area contributed by atoms with Gasteiger partial charge >= 0.3 is 15.6 Å². The third kappa shape index (κ3) is 4.33. The first kappa shape index (κ1) is 11.3. The summed E-state index contributed by atoms with van der Waals surface area (Å²) in [6.07, 6.45) is 1.24. The topological polar surface area (TPSA) is 102 Å². The fourth-order valence-electron chi connectivity index (χ4n) is 0.772. The Balaban J connectivity index is 2.63. The lowest BCUT2D eigenvalue weighted by Crippen LogP contribution is -1.96. The summed E-state index contributed by atoms with van der Waals surface area (Å²) in [7, 11) is -8.87. The Morgan fingerprint density at radius 3 is 2.08 bits per heavy atom. The molecule has 0 spiro atoms.